The molecule has 0 aliphatic rings. The van der Waals surface area contributed by atoms with Gasteiger partial charge in [0.1, 0.15) is 0 Å². The predicted octanol–water partition coefficient (Wildman–Crippen LogP) is 3.15. The number of anilines is 1. The van der Waals surface area contributed by atoms with Crippen molar-refractivity contribution in [3.63, 3.8) is 0 Å². The minimum atomic E-state index is 0.0729. The number of benzene rings is 1. The van der Waals surface area contributed by atoms with Gasteiger partial charge in [-0.15, -0.1) is 0 Å². The average molecular weight is 216 g/mol. The maximum Gasteiger partial charge on any atom is 0.224 e. The lowest BCUT2D eigenvalue weighted by molar-refractivity contribution is -0.116. The van der Waals surface area contributed by atoms with E-state index < -0.39 is 0 Å². The number of carbonyl (C=O) groups is 1. The second-order valence-electron chi connectivity index (χ2n) is 4.39. The van der Waals surface area contributed by atoms with Gasteiger partial charge in [0.25, 0.3) is 0 Å². The molecule has 84 valence electrons. The Balaban J connectivity index is 2.20. The molecule has 0 atom stereocenters. The Kier molecular flexibility index (Phi) is 2.95. The second kappa shape index (κ2) is 4.39. The minimum Gasteiger partial charge on any atom is -0.361 e. The van der Waals surface area contributed by atoms with Gasteiger partial charge in [0.05, 0.1) is 5.69 Å². The van der Waals surface area contributed by atoms with E-state index in [2.05, 4.69) is 10.3 Å². The Morgan fingerprint density at radius 2 is 2.19 bits per heavy atom. The quantitative estimate of drug-likeness (QED) is 0.813. The molecule has 16 heavy (non-hydrogen) atoms. The Morgan fingerprint density at radius 3 is 2.94 bits per heavy atom. The van der Waals surface area contributed by atoms with E-state index in [9.17, 15) is 4.79 Å². The Hall–Kier alpha value is -1.77. The molecule has 2 rings (SSSR count). The van der Waals surface area contributed by atoms with Crippen LogP contribution >= 0.6 is 0 Å². The monoisotopic (exact) mass is 216 g/mol. The minimum absolute atomic E-state index is 0.0729. The first-order valence-corrected chi connectivity index (χ1v) is 5.53. The van der Waals surface area contributed by atoms with Crippen molar-refractivity contribution in [2.75, 3.05) is 5.32 Å². The van der Waals surface area contributed by atoms with Crippen molar-refractivity contribution >= 4 is 22.5 Å². The lowest BCUT2D eigenvalue weighted by atomic mass is 10.1. The Bertz CT molecular complexity index is 499. The van der Waals surface area contributed by atoms with E-state index in [4.69, 9.17) is 0 Å². The summed E-state index contributed by atoms with van der Waals surface area (Å²) in [5.74, 6) is 0.453. The zero-order chi connectivity index (χ0) is 11.5. The molecule has 0 bridgehead atoms. The summed E-state index contributed by atoms with van der Waals surface area (Å²) in [6.45, 7) is 4.08. The molecule has 0 spiro atoms. The number of aromatic nitrogens is 1. The SMILES string of the molecule is CC(C)CC(=O)Nc1cccc2[nH]ccc12. The summed E-state index contributed by atoms with van der Waals surface area (Å²) in [5, 5.41) is 4.00. The van der Waals surface area contributed by atoms with Gasteiger partial charge in [0.2, 0.25) is 5.91 Å². The molecule has 3 heteroatoms. The summed E-state index contributed by atoms with van der Waals surface area (Å²) < 4.78 is 0. The van der Waals surface area contributed by atoms with E-state index in [1.54, 1.807) is 0 Å². The predicted molar refractivity (Wildman–Crippen MR) is 66.4 cm³/mol. The van der Waals surface area contributed by atoms with Gasteiger partial charge in [0.15, 0.2) is 0 Å². The summed E-state index contributed by atoms with van der Waals surface area (Å²) >= 11 is 0. The maximum atomic E-state index is 11.7. The third kappa shape index (κ3) is 2.24. The topological polar surface area (TPSA) is 44.9 Å². The first kappa shape index (κ1) is 10.7. The third-order valence-corrected chi connectivity index (χ3v) is 2.46. The van der Waals surface area contributed by atoms with Crippen molar-refractivity contribution in [3.8, 4) is 0 Å². The number of aromatic amines is 1. The van der Waals surface area contributed by atoms with E-state index in [1.807, 2.05) is 44.3 Å². The summed E-state index contributed by atoms with van der Waals surface area (Å²) in [6.07, 6.45) is 2.43. The summed E-state index contributed by atoms with van der Waals surface area (Å²) in [4.78, 5) is 14.8. The molecular weight excluding hydrogens is 200 g/mol. The maximum absolute atomic E-state index is 11.7. The summed E-state index contributed by atoms with van der Waals surface area (Å²) in [5.41, 5.74) is 1.92. The molecule has 0 unspecified atom stereocenters. The van der Waals surface area contributed by atoms with Crippen molar-refractivity contribution in [2.45, 2.75) is 20.3 Å². The van der Waals surface area contributed by atoms with Gasteiger partial charge in [-0.1, -0.05) is 19.9 Å². The van der Waals surface area contributed by atoms with Crippen molar-refractivity contribution < 1.29 is 4.79 Å². The molecule has 0 aliphatic heterocycles. The zero-order valence-electron chi connectivity index (χ0n) is 9.58. The smallest absolute Gasteiger partial charge is 0.224 e. The molecule has 0 fully saturated rings. The lowest BCUT2D eigenvalue weighted by Crippen LogP contribution is -2.13. The number of fused-ring (bicyclic) bond motifs is 1. The molecular formula is C13H16N2O. The van der Waals surface area contributed by atoms with Crippen LogP contribution in [-0.2, 0) is 4.79 Å². The van der Waals surface area contributed by atoms with Crippen LogP contribution in [0.3, 0.4) is 0 Å². The molecule has 1 heterocycles. The lowest BCUT2D eigenvalue weighted by Gasteiger charge is -2.08. The van der Waals surface area contributed by atoms with Gasteiger partial charge in [-0.2, -0.15) is 0 Å². The van der Waals surface area contributed by atoms with Crippen LogP contribution < -0.4 is 5.32 Å². The van der Waals surface area contributed by atoms with Crippen LogP contribution in [0.2, 0.25) is 0 Å². The highest BCUT2D eigenvalue weighted by molar-refractivity contribution is 6.01. The fourth-order valence-electron chi connectivity index (χ4n) is 1.77. The highest BCUT2D eigenvalue weighted by Gasteiger charge is 2.07. The highest BCUT2D eigenvalue weighted by Crippen LogP contribution is 2.22. The van der Waals surface area contributed by atoms with E-state index >= 15 is 0 Å². The van der Waals surface area contributed by atoms with Gasteiger partial charge in [0, 0.05) is 23.5 Å². The van der Waals surface area contributed by atoms with Gasteiger partial charge < -0.3 is 10.3 Å². The number of hydrogen-bond donors (Lipinski definition) is 2. The number of H-pyrrole nitrogens is 1. The van der Waals surface area contributed by atoms with Crippen LogP contribution in [0.5, 0.6) is 0 Å². The molecule has 1 aromatic carbocycles. The number of hydrogen-bond acceptors (Lipinski definition) is 1. The first-order chi connectivity index (χ1) is 7.66. The molecule has 2 aromatic rings. The summed E-state index contributed by atoms with van der Waals surface area (Å²) in [6, 6.07) is 7.83. The summed E-state index contributed by atoms with van der Waals surface area (Å²) in [7, 11) is 0. The zero-order valence-corrected chi connectivity index (χ0v) is 9.58. The van der Waals surface area contributed by atoms with Gasteiger partial charge >= 0.3 is 0 Å². The number of amides is 1. The van der Waals surface area contributed by atoms with Crippen molar-refractivity contribution in [2.24, 2.45) is 5.92 Å². The number of carbonyl (C=O) groups excluding carboxylic acids is 1. The van der Waals surface area contributed by atoms with E-state index in [-0.39, 0.29) is 5.91 Å². The fourth-order valence-corrected chi connectivity index (χ4v) is 1.77. The highest BCUT2D eigenvalue weighted by atomic mass is 16.1. The van der Waals surface area contributed by atoms with Crippen molar-refractivity contribution in [1.29, 1.82) is 0 Å². The number of nitrogens with one attached hydrogen (secondary N) is 2. The van der Waals surface area contributed by atoms with Crippen molar-refractivity contribution in [3.05, 3.63) is 30.5 Å². The van der Waals surface area contributed by atoms with Crippen LogP contribution in [0.15, 0.2) is 30.5 Å². The van der Waals surface area contributed by atoms with Crippen LogP contribution in [0, 0.1) is 5.92 Å². The molecule has 0 saturated heterocycles. The van der Waals surface area contributed by atoms with Gasteiger partial charge in [-0.25, -0.2) is 0 Å². The van der Waals surface area contributed by atoms with E-state index in [1.165, 1.54) is 0 Å². The molecule has 1 amide bonds. The molecule has 0 radical (unpaired) electrons. The molecule has 0 aliphatic carbocycles. The van der Waals surface area contributed by atoms with Gasteiger partial charge in [-0.3, -0.25) is 4.79 Å². The Labute approximate surface area is 94.9 Å². The number of rotatable bonds is 3. The largest absolute Gasteiger partial charge is 0.361 e. The van der Waals surface area contributed by atoms with Crippen molar-refractivity contribution in [1.82, 2.24) is 4.98 Å². The normalized spacial score (nSPS) is 10.9. The van der Waals surface area contributed by atoms with Crippen LogP contribution in [0.4, 0.5) is 5.69 Å². The van der Waals surface area contributed by atoms with Crippen LogP contribution in [-0.4, -0.2) is 10.9 Å². The standard InChI is InChI=1S/C13H16N2O/c1-9(2)8-13(16)15-12-5-3-4-11-10(12)6-7-14-11/h3-7,9,14H,8H2,1-2H3,(H,15,16). The molecule has 1 aromatic heterocycles. The van der Waals surface area contributed by atoms with Gasteiger partial charge in [-0.05, 0) is 24.1 Å². The van der Waals surface area contributed by atoms with E-state index in [0.717, 1.165) is 16.6 Å². The fraction of sp³-hybridized carbons (Fsp3) is 0.308. The molecule has 2 N–H and O–H groups in total. The van der Waals surface area contributed by atoms with Crippen LogP contribution in [0.1, 0.15) is 20.3 Å². The second-order valence-corrected chi connectivity index (χ2v) is 4.39. The molecule has 0 saturated carbocycles. The van der Waals surface area contributed by atoms with Crippen LogP contribution in [0.25, 0.3) is 10.9 Å². The molecule has 3 nitrogen and oxygen atoms in total. The van der Waals surface area contributed by atoms with E-state index in [0.29, 0.717) is 12.3 Å². The third-order valence-electron chi connectivity index (χ3n) is 2.46. The average Bonchev–Trinajstić information content (AvgIpc) is 2.65. The Morgan fingerprint density at radius 1 is 1.38 bits per heavy atom. The first-order valence-electron chi connectivity index (χ1n) is 5.53.